The Labute approximate surface area is 102 Å². The smallest absolute Gasteiger partial charge is 0.222 e. The van der Waals surface area contributed by atoms with Gasteiger partial charge in [0.2, 0.25) is 5.91 Å². The van der Waals surface area contributed by atoms with Crippen LogP contribution in [0.4, 0.5) is 0 Å². The third kappa shape index (κ3) is 4.13. The van der Waals surface area contributed by atoms with E-state index < -0.39 is 0 Å². The first-order valence-corrected chi connectivity index (χ1v) is 6.84. The van der Waals surface area contributed by atoms with E-state index in [4.69, 9.17) is 0 Å². The highest BCUT2D eigenvalue weighted by Crippen LogP contribution is 2.24. The molecule has 1 aliphatic rings. The predicted octanol–water partition coefficient (Wildman–Crippen LogP) is 3.05. The zero-order chi connectivity index (χ0) is 11.4. The molecule has 0 aromatic heterocycles. The number of piperidine rings is 1. The minimum Gasteiger partial charge on any atom is -0.342 e. The number of carbonyl (C=O) groups is 1. The zero-order valence-electron chi connectivity index (χ0n) is 10.0. The number of rotatable bonds is 3. The fraction of sp³-hybridized carbons (Fsp3) is 0.917. The lowest BCUT2D eigenvalue weighted by molar-refractivity contribution is -0.133. The molecule has 3 heteroatoms. The molecule has 2 atom stereocenters. The van der Waals surface area contributed by atoms with E-state index >= 15 is 0 Å². The molecule has 0 radical (unpaired) electrons. The number of hydrogen-bond donors (Lipinski definition) is 0. The van der Waals surface area contributed by atoms with Crippen molar-refractivity contribution >= 4 is 21.8 Å². The van der Waals surface area contributed by atoms with Gasteiger partial charge in [0.15, 0.2) is 0 Å². The van der Waals surface area contributed by atoms with Crippen LogP contribution in [-0.2, 0) is 4.79 Å². The summed E-state index contributed by atoms with van der Waals surface area (Å²) >= 11 is 3.65. The molecule has 0 spiro atoms. The Morgan fingerprint density at radius 3 is 2.73 bits per heavy atom. The van der Waals surface area contributed by atoms with Crippen LogP contribution in [0.25, 0.3) is 0 Å². The van der Waals surface area contributed by atoms with Crippen LogP contribution in [0.3, 0.4) is 0 Å². The molecule has 1 rings (SSSR count). The van der Waals surface area contributed by atoms with Crippen LogP contribution < -0.4 is 0 Å². The van der Waals surface area contributed by atoms with E-state index in [0.717, 1.165) is 32.4 Å². The van der Waals surface area contributed by atoms with Crippen molar-refractivity contribution in [2.75, 3.05) is 13.1 Å². The highest BCUT2D eigenvalue weighted by molar-refractivity contribution is 9.09. The second-order valence-corrected chi connectivity index (χ2v) is 6.23. The molecule has 0 aromatic carbocycles. The Hall–Kier alpha value is -0.0500. The summed E-state index contributed by atoms with van der Waals surface area (Å²) < 4.78 is 0. The van der Waals surface area contributed by atoms with Gasteiger partial charge in [0, 0.05) is 24.3 Å². The van der Waals surface area contributed by atoms with Gasteiger partial charge >= 0.3 is 0 Å². The first kappa shape index (κ1) is 13.0. The maximum Gasteiger partial charge on any atom is 0.222 e. The molecule has 88 valence electrons. The molecule has 1 fully saturated rings. The van der Waals surface area contributed by atoms with Crippen LogP contribution in [0.15, 0.2) is 0 Å². The normalized spacial score (nSPS) is 27.1. The number of nitrogens with zero attached hydrogens (tertiary/aromatic N) is 1. The molecule has 0 saturated carbocycles. The molecule has 1 aliphatic heterocycles. The number of hydrogen-bond acceptors (Lipinski definition) is 1. The van der Waals surface area contributed by atoms with E-state index in [1.165, 1.54) is 0 Å². The Kier molecular flexibility index (Phi) is 5.10. The molecule has 15 heavy (non-hydrogen) atoms. The molecule has 2 unspecified atom stereocenters. The lowest BCUT2D eigenvalue weighted by Gasteiger charge is -2.34. The molecule has 0 N–H and O–H groups in total. The first-order chi connectivity index (χ1) is 7.00. The average Bonchev–Trinajstić information content (AvgIpc) is 2.18. The van der Waals surface area contributed by atoms with Gasteiger partial charge in [0.05, 0.1) is 0 Å². The predicted molar refractivity (Wildman–Crippen MR) is 67.1 cm³/mol. The van der Waals surface area contributed by atoms with Gasteiger partial charge in [-0.15, -0.1) is 0 Å². The topological polar surface area (TPSA) is 20.3 Å². The van der Waals surface area contributed by atoms with Crippen LogP contribution in [0.2, 0.25) is 0 Å². The van der Waals surface area contributed by atoms with Crippen molar-refractivity contribution in [3.05, 3.63) is 0 Å². The summed E-state index contributed by atoms with van der Waals surface area (Å²) in [4.78, 5) is 14.5. The maximum atomic E-state index is 11.9. The van der Waals surface area contributed by atoms with Gasteiger partial charge in [-0.1, -0.05) is 36.7 Å². The third-order valence-corrected chi connectivity index (χ3v) is 4.45. The van der Waals surface area contributed by atoms with Gasteiger partial charge in [-0.25, -0.2) is 0 Å². The standard InChI is InChI=1S/C12H22BrNO/c1-9(2)4-5-12(15)14-7-6-11(13)10(3)8-14/h9-11H,4-8H2,1-3H3. The largest absolute Gasteiger partial charge is 0.342 e. The molecule has 1 heterocycles. The summed E-state index contributed by atoms with van der Waals surface area (Å²) in [5.41, 5.74) is 0. The minimum atomic E-state index is 0.343. The molecule has 0 bridgehead atoms. The molecule has 0 aromatic rings. The summed E-state index contributed by atoms with van der Waals surface area (Å²) in [7, 11) is 0. The average molecular weight is 276 g/mol. The summed E-state index contributed by atoms with van der Waals surface area (Å²) in [5, 5.41) is 0. The van der Waals surface area contributed by atoms with Crippen molar-refractivity contribution in [3.63, 3.8) is 0 Å². The fourth-order valence-corrected chi connectivity index (χ4v) is 2.29. The lowest BCUT2D eigenvalue weighted by Crippen LogP contribution is -2.43. The summed E-state index contributed by atoms with van der Waals surface area (Å²) in [6, 6.07) is 0. The Morgan fingerprint density at radius 1 is 1.53 bits per heavy atom. The Morgan fingerprint density at radius 2 is 2.20 bits per heavy atom. The van der Waals surface area contributed by atoms with Crippen LogP contribution in [0.5, 0.6) is 0 Å². The van der Waals surface area contributed by atoms with Gasteiger partial charge in [0.1, 0.15) is 0 Å². The van der Waals surface area contributed by atoms with E-state index in [2.05, 4.69) is 36.7 Å². The number of amides is 1. The van der Waals surface area contributed by atoms with E-state index in [1.807, 2.05) is 4.90 Å². The van der Waals surface area contributed by atoms with Crippen molar-refractivity contribution in [2.45, 2.75) is 44.9 Å². The van der Waals surface area contributed by atoms with E-state index in [-0.39, 0.29) is 0 Å². The second-order valence-electron chi connectivity index (χ2n) is 5.05. The molecule has 0 aliphatic carbocycles. The van der Waals surface area contributed by atoms with E-state index in [9.17, 15) is 4.79 Å². The van der Waals surface area contributed by atoms with Crippen molar-refractivity contribution < 1.29 is 4.79 Å². The van der Waals surface area contributed by atoms with Gasteiger partial charge in [-0.2, -0.15) is 0 Å². The quantitative estimate of drug-likeness (QED) is 0.725. The monoisotopic (exact) mass is 275 g/mol. The molecular weight excluding hydrogens is 254 g/mol. The number of halogens is 1. The maximum absolute atomic E-state index is 11.9. The molecule has 1 saturated heterocycles. The molecular formula is C12H22BrNO. The van der Waals surface area contributed by atoms with Gasteiger partial charge in [-0.05, 0) is 24.7 Å². The van der Waals surface area contributed by atoms with E-state index in [0.29, 0.717) is 22.6 Å². The zero-order valence-corrected chi connectivity index (χ0v) is 11.6. The van der Waals surface area contributed by atoms with Crippen LogP contribution in [0.1, 0.15) is 40.0 Å². The second kappa shape index (κ2) is 5.88. The Bertz CT molecular complexity index is 218. The number of likely N-dealkylation sites (tertiary alicyclic amines) is 1. The molecule has 2 nitrogen and oxygen atoms in total. The summed E-state index contributed by atoms with van der Waals surface area (Å²) in [5.74, 6) is 1.55. The van der Waals surface area contributed by atoms with Crippen molar-refractivity contribution in [3.8, 4) is 0 Å². The fourth-order valence-electron chi connectivity index (χ4n) is 1.91. The minimum absolute atomic E-state index is 0.343. The highest BCUT2D eigenvalue weighted by Gasteiger charge is 2.26. The van der Waals surface area contributed by atoms with Gasteiger partial charge < -0.3 is 4.90 Å². The number of carbonyl (C=O) groups excluding carboxylic acids is 1. The molecule has 1 amide bonds. The van der Waals surface area contributed by atoms with E-state index in [1.54, 1.807) is 0 Å². The SMILES string of the molecule is CC(C)CCC(=O)N1CCC(Br)C(C)C1. The highest BCUT2D eigenvalue weighted by atomic mass is 79.9. The van der Waals surface area contributed by atoms with Crippen molar-refractivity contribution in [1.82, 2.24) is 4.90 Å². The van der Waals surface area contributed by atoms with Gasteiger partial charge in [-0.3, -0.25) is 4.79 Å². The third-order valence-electron chi connectivity index (χ3n) is 3.09. The van der Waals surface area contributed by atoms with Crippen LogP contribution in [-0.4, -0.2) is 28.7 Å². The van der Waals surface area contributed by atoms with Gasteiger partial charge in [0.25, 0.3) is 0 Å². The Balaban J connectivity index is 2.34. The van der Waals surface area contributed by atoms with Crippen LogP contribution in [0, 0.1) is 11.8 Å². The first-order valence-electron chi connectivity index (χ1n) is 5.92. The lowest BCUT2D eigenvalue weighted by atomic mass is 9.99. The van der Waals surface area contributed by atoms with Crippen molar-refractivity contribution in [1.29, 1.82) is 0 Å². The van der Waals surface area contributed by atoms with Crippen molar-refractivity contribution in [2.24, 2.45) is 11.8 Å². The summed E-state index contributed by atoms with van der Waals surface area (Å²) in [6.45, 7) is 8.40. The number of alkyl halides is 1. The van der Waals surface area contributed by atoms with Crippen LogP contribution >= 0.6 is 15.9 Å². The summed E-state index contributed by atoms with van der Waals surface area (Å²) in [6.07, 6.45) is 2.83.